The van der Waals surface area contributed by atoms with E-state index in [2.05, 4.69) is 37.5 Å². The van der Waals surface area contributed by atoms with Gasteiger partial charge in [-0.3, -0.25) is 0 Å². The normalized spacial score (nSPS) is 19.6. The highest BCUT2D eigenvalue weighted by Crippen LogP contribution is 2.34. The summed E-state index contributed by atoms with van der Waals surface area (Å²) >= 11 is 5.06. The van der Waals surface area contributed by atoms with Crippen molar-refractivity contribution in [3.8, 4) is 0 Å². The molecule has 0 aliphatic carbocycles. The minimum Gasteiger partial charge on any atom is -0.241 e. The number of nitroso groups, excluding NO2 is 1. The van der Waals surface area contributed by atoms with E-state index in [9.17, 15) is 4.91 Å². The SMILES string of the molecule is CC1(N=O)CN(Sc2ccc(Br)cc2)C1. The van der Waals surface area contributed by atoms with Crippen molar-refractivity contribution in [1.29, 1.82) is 0 Å². The second-order valence-electron chi connectivity index (χ2n) is 3.93. The number of hydrogen-bond acceptors (Lipinski definition) is 4. The van der Waals surface area contributed by atoms with Gasteiger partial charge >= 0.3 is 0 Å². The van der Waals surface area contributed by atoms with Crippen LogP contribution in [0, 0.1) is 4.91 Å². The molecule has 1 aliphatic heterocycles. The summed E-state index contributed by atoms with van der Waals surface area (Å²) < 4.78 is 3.22. The summed E-state index contributed by atoms with van der Waals surface area (Å²) in [6, 6.07) is 8.13. The molecule has 2 rings (SSSR count). The summed E-state index contributed by atoms with van der Waals surface area (Å²) in [5.74, 6) is 0. The Balaban J connectivity index is 1.90. The fourth-order valence-corrected chi connectivity index (χ4v) is 2.99. The van der Waals surface area contributed by atoms with Crippen molar-refractivity contribution < 1.29 is 0 Å². The third-order valence-corrected chi connectivity index (χ3v) is 3.83. The molecule has 3 nitrogen and oxygen atoms in total. The van der Waals surface area contributed by atoms with E-state index < -0.39 is 0 Å². The lowest BCUT2D eigenvalue weighted by Crippen LogP contribution is -2.55. The Morgan fingerprint density at radius 3 is 2.53 bits per heavy atom. The first-order valence-electron chi connectivity index (χ1n) is 4.64. The van der Waals surface area contributed by atoms with Crippen molar-refractivity contribution in [3.05, 3.63) is 33.6 Å². The van der Waals surface area contributed by atoms with Gasteiger partial charge in [0.1, 0.15) is 5.54 Å². The summed E-state index contributed by atoms with van der Waals surface area (Å²) in [4.78, 5) is 11.6. The van der Waals surface area contributed by atoms with Crippen LogP contribution in [-0.4, -0.2) is 22.9 Å². The van der Waals surface area contributed by atoms with E-state index in [1.807, 2.05) is 19.1 Å². The van der Waals surface area contributed by atoms with Crippen LogP contribution in [0.2, 0.25) is 0 Å². The number of halogens is 1. The molecule has 1 heterocycles. The monoisotopic (exact) mass is 286 g/mol. The molecule has 80 valence electrons. The van der Waals surface area contributed by atoms with Gasteiger partial charge in [-0.05, 0) is 43.1 Å². The zero-order chi connectivity index (χ0) is 10.9. The van der Waals surface area contributed by atoms with E-state index in [1.165, 1.54) is 4.90 Å². The number of benzene rings is 1. The van der Waals surface area contributed by atoms with Crippen LogP contribution >= 0.6 is 27.9 Å². The van der Waals surface area contributed by atoms with Crippen molar-refractivity contribution in [2.24, 2.45) is 5.18 Å². The molecule has 1 saturated heterocycles. The van der Waals surface area contributed by atoms with E-state index in [1.54, 1.807) is 11.9 Å². The molecule has 0 unspecified atom stereocenters. The average Bonchev–Trinajstić information content (AvgIpc) is 2.19. The Bertz CT molecular complexity index is 362. The molecule has 0 bridgehead atoms. The van der Waals surface area contributed by atoms with Gasteiger partial charge in [0, 0.05) is 22.5 Å². The van der Waals surface area contributed by atoms with Crippen LogP contribution < -0.4 is 0 Å². The number of hydrogen-bond donors (Lipinski definition) is 0. The number of rotatable bonds is 3. The van der Waals surface area contributed by atoms with E-state index in [4.69, 9.17) is 0 Å². The molecular weight excluding hydrogens is 276 g/mol. The molecule has 0 aromatic heterocycles. The second kappa shape index (κ2) is 4.23. The van der Waals surface area contributed by atoms with E-state index in [0.717, 1.165) is 17.6 Å². The van der Waals surface area contributed by atoms with Crippen LogP contribution in [0.1, 0.15) is 6.92 Å². The maximum atomic E-state index is 10.5. The summed E-state index contributed by atoms with van der Waals surface area (Å²) in [7, 11) is 0. The Hall–Kier alpha value is -0.390. The Morgan fingerprint density at radius 1 is 1.40 bits per heavy atom. The molecule has 0 atom stereocenters. The molecule has 0 N–H and O–H groups in total. The highest BCUT2D eigenvalue weighted by atomic mass is 79.9. The molecule has 0 radical (unpaired) electrons. The predicted molar refractivity (Wildman–Crippen MR) is 65.8 cm³/mol. The van der Waals surface area contributed by atoms with Crippen molar-refractivity contribution >= 4 is 27.9 Å². The average molecular weight is 287 g/mol. The molecule has 1 aliphatic rings. The molecule has 1 aromatic carbocycles. The van der Waals surface area contributed by atoms with Crippen LogP contribution in [-0.2, 0) is 0 Å². The van der Waals surface area contributed by atoms with Crippen molar-refractivity contribution in [1.82, 2.24) is 4.31 Å². The number of nitrogens with zero attached hydrogens (tertiary/aromatic N) is 2. The van der Waals surface area contributed by atoms with Gasteiger partial charge in [-0.15, -0.1) is 0 Å². The highest BCUT2D eigenvalue weighted by Gasteiger charge is 2.40. The molecule has 1 aromatic rings. The minimum atomic E-state index is -0.373. The zero-order valence-corrected chi connectivity index (χ0v) is 10.7. The standard InChI is InChI=1S/C10H11BrN2OS/c1-10(12-14)6-13(7-10)15-9-4-2-8(11)3-5-9/h2-5H,6-7H2,1H3. The van der Waals surface area contributed by atoms with Gasteiger partial charge in [-0.1, -0.05) is 21.1 Å². The van der Waals surface area contributed by atoms with Gasteiger partial charge in [0.15, 0.2) is 0 Å². The molecule has 15 heavy (non-hydrogen) atoms. The fraction of sp³-hybridized carbons (Fsp3) is 0.400. The van der Waals surface area contributed by atoms with Crippen LogP contribution in [0.5, 0.6) is 0 Å². The van der Waals surface area contributed by atoms with Crippen molar-refractivity contribution in [3.63, 3.8) is 0 Å². The first kappa shape index (κ1) is 11.1. The van der Waals surface area contributed by atoms with E-state index in [0.29, 0.717) is 0 Å². The highest BCUT2D eigenvalue weighted by molar-refractivity contribution is 9.10. The summed E-state index contributed by atoms with van der Waals surface area (Å²) in [6.07, 6.45) is 0. The molecule has 1 fully saturated rings. The second-order valence-corrected chi connectivity index (χ2v) is 6.02. The van der Waals surface area contributed by atoms with Gasteiger partial charge in [0.05, 0.1) is 0 Å². The molecular formula is C10H11BrN2OS. The summed E-state index contributed by atoms with van der Waals surface area (Å²) in [5.41, 5.74) is -0.373. The van der Waals surface area contributed by atoms with Gasteiger partial charge in [0.25, 0.3) is 0 Å². The molecule has 0 amide bonds. The zero-order valence-electron chi connectivity index (χ0n) is 8.31. The lowest BCUT2D eigenvalue weighted by Gasteiger charge is -2.41. The van der Waals surface area contributed by atoms with Crippen LogP contribution in [0.4, 0.5) is 0 Å². The van der Waals surface area contributed by atoms with Gasteiger partial charge < -0.3 is 0 Å². The maximum Gasteiger partial charge on any atom is 0.127 e. The molecule has 0 saturated carbocycles. The smallest absolute Gasteiger partial charge is 0.127 e. The topological polar surface area (TPSA) is 32.7 Å². The van der Waals surface area contributed by atoms with Crippen molar-refractivity contribution in [2.75, 3.05) is 13.1 Å². The predicted octanol–water partition coefficient (Wildman–Crippen LogP) is 3.30. The summed E-state index contributed by atoms with van der Waals surface area (Å²) in [5, 5.41) is 3.12. The van der Waals surface area contributed by atoms with Crippen LogP contribution in [0.3, 0.4) is 0 Å². The van der Waals surface area contributed by atoms with Gasteiger partial charge in [-0.25, -0.2) is 4.31 Å². The third kappa shape index (κ3) is 2.59. The van der Waals surface area contributed by atoms with Crippen LogP contribution in [0.15, 0.2) is 38.8 Å². The molecule has 5 heteroatoms. The van der Waals surface area contributed by atoms with Crippen LogP contribution in [0.25, 0.3) is 0 Å². The Labute approximate surface area is 101 Å². The Kier molecular flexibility index (Phi) is 3.13. The minimum absolute atomic E-state index is 0.373. The lowest BCUT2D eigenvalue weighted by atomic mass is 9.97. The fourth-order valence-electron chi connectivity index (χ4n) is 1.48. The third-order valence-electron chi connectivity index (χ3n) is 2.30. The maximum absolute atomic E-state index is 10.5. The first-order chi connectivity index (χ1) is 7.11. The summed E-state index contributed by atoms with van der Waals surface area (Å²) in [6.45, 7) is 3.35. The first-order valence-corrected chi connectivity index (χ1v) is 6.21. The quantitative estimate of drug-likeness (QED) is 0.631. The van der Waals surface area contributed by atoms with Gasteiger partial charge in [0.2, 0.25) is 0 Å². The largest absolute Gasteiger partial charge is 0.241 e. The van der Waals surface area contributed by atoms with Crippen molar-refractivity contribution in [2.45, 2.75) is 17.4 Å². The Morgan fingerprint density at radius 2 is 2.00 bits per heavy atom. The lowest BCUT2D eigenvalue weighted by molar-refractivity contribution is 0.193. The van der Waals surface area contributed by atoms with E-state index >= 15 is 0 Å². The van der Waals surface area contributed by atoms with Gasteiger partial charge in [-0.2, -0.15) is 4.91 Å². The molecule has 0 spiro atoms. The van der Waals surface area contributed by atoms with E-state index in [-0.39, 0.29) is 5.54 Å².